The van der Waals surface area contributed by atoms with Crippen LogP contribution in [0, 0.1) is 11.3 Å². The molecule has 4 heterocycles. The van der Waals surface area contributed by atoms with E-state index >= 15 is 0 Å². The van der Waals surface area contributed by atoms with Gasteiger partial charge in [0.2, 0.25) is 0 Å². The Hall–Kier alpha value is -8.34. The van der Waals surface area contributed by atoms with E-state index in [0.29, 0.717) is 23.0 Å². The summed E-state index contributed by atoms with van der Waals surface area (Å²) in [4.78, 5) is 14.8. The zero-order valence-corrected chi connectivity index (χ0v) is 31.4. The second-order valence-corrected chi connectivity index (χ2v) is 14.7. The van der Waals surface area contributed by atoms with Crippen LogP contribution in [-0.2, 0) is 0 Å². The van der Waals surface area contributed by atoms with Crippen molar-refractivity contribution in [3.63, 3.8) is 0 Å². The lowest BCUT2D eigenvalue weighted by Gasteiger charge is -2.12. The van der Waals surface area contributed by atoms with Crippen LogP contribution in [0.2, 0.25) is 0 Å². The molecule has 12 aromatic rings. The lowest BCUT2D eigenvalue weighted by molar-refractivity contribution is 0.671. The summed E-state index contributed by atoms with van der Waals surface area (Å²) < 4.78 is 11.7. The number of fused-ring (bicyclic) bond motifs is 12. The number of nitriles is 1. The maximum Gasteiger partial charge on any atom is 0.164 e. The first-order valence-corrected chi connectivity index (χ1v) is 19.5. The largest absolute Gasteiger partial charge is 0.454 e. The van der Waals surface area contributed by atoms with Gasteiger partial charge in [-0.1, -0.05) is 103 Å². The Kier molecular flexibility index (Phi) is 7.16. The number of furan rings is 1. The third kappa shape index (κ3) is 4.97. The number of nitrogens with zero attached hydrogens (tertiary/aromatic N) is 6. The Balaban J connectivity index is 1.13. The second kappa shape index (κ2) is 12.8. The summed E-state index contributed by atoms with van der Waals surface area (Å²) in [5.41, 5.74) is 11.3. The van der Waals surface area contributed by atoms with Crippen molar-refractivity contribution in [2.75, 3.05) is 0 Å². The molecule has 8 aromatic carbocycles. The van der Waals surface area contributed by atoms with Gasteiger partial charge in [0.15, 0.2) is 23.1 Å². The zero-order chi connectivity index (χ0) is 39.0. The highest BCUT2D eigenvalue weighted by atomic mass is 16.3. The molecule has 274 valence electrons. The average molecular weight is 755 g/mol. The van der Waals surface area contributed by atoms with Crippen molar-refractivity contribution in [1.29, 1.82) is 5.26 Å². The van der Waals surface area contributed by atoms with Crippen LogP contribution in [-0.4, -0.2) is 24.1 Å². The zero-order valence-electron chi connectivity index (χ0n) is 31.4. The summed E-state index contributed by atoms with van der Waals surface area (Å²) in [5, 5.41) is 16.2. The van der Waals surface area contributed by atoms with Gasteiger partial charge < -0.3 is 13.6 Å². The van der Waals surface area contributed by atoms with E-state index in [4.69, 9.17) is 19.4 Å². The first kappa shape index (κ1) is 32.9. The normalized spacial score (nSPS) is 11.7. The van der Waals surface area contributed by atoms with Crippen molar-refractivity contribution < 1.29 is 4.42 Å². The topological polar surface area (TPSA) is 85.5 Å². The Labute approximate surface area is 337 Å². The molecule has 0 aliphatic rings. The second-order valence-electron chi connectivity index (χ2n) is 14.7. The molecule has 59 heavy (non-hydrogen) atoms. The molecular weight excluding hydrogens is 725 g/mol. The van der Waals surface area contributed by atoms with Crippen molar-refractivity contribution in [3.8, 4) is 51.6 Å². The van der Waals surface area contributed by atoms with E-state index < -0.39 is 0 Å². The summed E-state index contributed by atoms with van der Waals surface area (Å²) in [6, 6.07) is 64.3. The molecular formula is C52H30N6O. The molecule has 0 aliphatic carbocycles. The molecule has 0 amide bonds. The van der Waals surface area contributed by atoms with Crippen LogP contribution in [0.15, 0.2) is 186 Å². The molecule has 0 saturated heterocycles. The lowest BCUT2D eigenvalue weighted by Crippen LogP contribution is -2.00. The molecule has 4 aromatic heterocycles. The minimum Gasteiger partial charge on any atom is -0.454 e. The monoisotopic (exact) mass is 754 g/mol. The molecule has 0 fully saturated rings. The molecule has 0 N–H and O–H groups in total. The molecule has 0 spiro atoms. The summed E-state index contributed by atoms with van der Waals surface area (Å²) in [5.74, 6) is 1.67. The summed E-state index contributed by atoms with van der Waals surface area (Å²) >= 11 is 0. The van der Waals surface area contributed by atoms with E-state index in [0.717, 1.165) is 82.8 Å². The molecule has 0 atom stereocenters. The predicted octanol–water partition coefficient (Wildman–Crippen LogP) is 12.8. The molecule has 0 saturated carbocycles. The van der Waals surface area contributed by atoms with E-state index in [1.54, 1.807) is 12.1 Å². The van der Waals surface area contributed by atoms with Gasteiger partial charge in [-0.25, -0.2) is 15.0 Å². The molecule has 7 nitrogen and oxygen atoms in total. The van der Waals surface area contributed by atoms with E-state index in [1.165, 1.54) is 10.8 Å². The number of aromatic nitrogens is 5. The summed E-state index contributed by atoms with van der Waals surface area (Å²) in [6.45, 7) is 0. The van der Waals surface area contributed by atoms with Crippen LogP contribution in [0.1, 0.15) is 5.56 Å². The fraction of sp³-hybridized carbons (Fsp3) is 0. The Morgan fingerprint density at radius 2 is 0.864 bits per heavy atom. The Morgan fingerprint density at radius 3 is 1.47 bits per heavy atom. The molecule has 7 heteroatoms. The maximum atomic E-state index is 9.41. The summed E-state index contributed by atoms with van der Waals surface area (Å²) in [7, 11) is 0. The van der Waals surface area contributed by atoms with Crippen molar-refractivity contribution in [2.45, 2.75) is 0 Å². The number of benzene rings is 8. The van der Waals surface area contributed by atoms with E-state index in [1.807, 2.05) is 48.5 Å². The van der Waals surface area contributed by atoms with Gasteiger partial charge in [0.05, 0.1) is 39.1 Å². The molecule has 0 radical (unpaired) electrons. The van der Waals surface area contributed by atoms with Crippen LogP contribution in [0.5, 0.6) is 0 Å². The maximum absolute atomic E-state index is 9.41. The van der Waals surface area contributed by atoms with Crippen LogP contribution in [0.3, 0.4) is 0 Å². The van der Waals surface area contributed by atoms with Gasteiger partial charge in [-0.15, -0.1) is 0 Å². The molecule has 0 aliphatic heterocycles. The van der Waals surface area contributed by atoms with Crippen molar-refractivity contribution >= 4 is 65.6 Å². The van der Waals surface area contributed by atoms with Crippen molar-refractivity contribution in [3.05, 3.63) is 188 Å². The van der Waals surface area contributed by atoms with Crippen LogP contribution in [0.4, 0.5) is 0 Å². The predicted molar refractivity (Wildman–Crippen MR) is 237 cm³/mol. The fourth-order valence-corrected chi connectivity index (χ4v) is 8.80. The highest BCUT2D eigenvalue weighted by molar-refractivity contribution is 6.39. The highest BCUT2D eigenvalue weighted by Crippen LogP contribution is 2.49. The number of hydrogen-bond acceptors (Lipinski definition) is 5. The van der Waals surface area contributed by atoms with Crippen LogP contribution in [0.25, 0.3) is 111 Å². The fourth-order valence-electron chi connectivity index (χ4n) is 8.80. The molecule has 12 rings (SSSR count). The third-order valence-electron chi connectivity index (χ3n) is 11.4. The highest BCUT2D eigenvalue weighted by Gasteiger charge is 2.27. The van der Waals surface area contributed by atoms with Crippen molar-refractivity contribution in [2.24, 2.45) is 0 Å². The molecule has 0 bridgehead atoms. The minimum absolute atomic E-state index is 0.538. The van der Waals surface area contributed by atoms with Gasteiger partial charge in [-0.05, 0) is 78.9 Å². The van der Waals surface area contributed by atoms with Crippen LogP contribution < -0.4 is 0 Å². The SMILES string of the molecule is N#Cc1ccc(-c2nc(-c3ccccc3)nc(-c3ccc(-n4c5ccccc5c5c6c7ccccc7n(-c7ccccc7)c6c6c7ccccc7oc6c54)cc3)n2)cc1. The summed E-state index contributed by atoms with van der Waals surface area (Å²) in [6.07, 6.45) is 0. The van der Waals surface area contributed by atoms with E-state index in [2.05, 4.69) is 137 Å². The van der Waals surface area contributed by atoms with Gasteiger partial charge in [-0.3, -0.25) is 0 Å². The van der Waals surface area contributed by atoms with E-state index in [-0.39, 0.29) is 0 Å². The molecule has 0 unspecified atom stereocenters. The average Bonchev–Trinajstić information content (AvgIpc) is 3.98. The quantitative estimate of drug-likeness (QED) is 0.175. The Bertz CT molecular complexity index is 3650. The number of para-hydroxylation sites is 4. The van der Waals surface area contributed by atoms with Gasteiger partial charge in [0.25, 0.3) is 0 Å². The van der Waals surface area contributed by atoms with Gasteiger partial charge in [0.1, 0.15) is 5.58 Å². The van der Waals surface area contributed by atoms with Crippen LogP contribution >= 0.6 is 0 Å². The minimum atomic E-state index is 0.538. The first-order valence-electron chi connectivity index (χ1n) is 19.5. The number of hydrogen-bond donors (Lipinski definition) is 0. The number of rotatable bonds is 5. The van der Waals surface area contributed by atoms with E-state index in [9.17, 15) is 5.26 Å². The van der Waals surface area contributed by atoms with Gasteiger partial charge in [-0.2, -0.15) is 5.26 Å². The Morgan fingerprint density at radius 1 is 0.407 bits per heavy atom. The van der Waals surface area contributed by atoms with Gasteiger partial charge in [0, 0.05) is 55.0 Å². The smallest absolute Gasteiger partial charge is 0.164 e. The van der Waals surface area contributed by atoms with Gasteiger partial charge >= 0.3 is 0 Å². The lowest BCUT2D eigenvalue weighted by atomic mass is 10.0. The third-order valence-corrected chi connectivity index (χ3v) is 11.4. The first-order chi connectivity index (χ1) is 29.2. The standard InChI is InChI=1S/C52H30N6O/c53-31-32-23-25-34(26-24-32)51-54-50(33-13-3-1-4-14-33)55-52(56-51)35-27-29-37(30-28-35)58-42-21-11-8-18-39(42)45-44-38-17-7-10-20-41(38)57(36-15-5-2-6-16-36)47(44)46-40-19-9-12-22-43(40)59-49(46)48(45)58/h1-30H. The van der Waals surface area contributed by atoms with Crippen molar-refractivity contribution in [1.82, 2.24) is 24.1 Å².